The van der Waals surface area contributed by atoms with E-state index >= 15 is 0 Å². The maximum absolute atomic E-state index is 11.3. The lowest BCUT2D eigenvalue weighted by Crippen LogP contribution is -2.07. The number of benzene rings is 2. The van der Waals surface area contributed by atoms with Gasteiger partial charge in [0.05, 0.1) is 11.9 Å². The van der Waals surface area contributed by atoms with Crippen molar-refractivity contribution in [2.24, 2.45) is 0 Å². The number of aromatic nitrogens is 1. The molecule has 1 aromatic heterocycles. The van der Waals surface area contributed by atoms with Gasteiger partial charge in [-0.05, 0) is 35.7 Å². The molecule has 0 saturated carbocycles. The fourth-order valence-corrected chi connectivity index (χ4v) is 3.22. The van der Waals surface area contributed by atoms with E-state index in [0.29, 0.717) is 18.5 Å². The van der Waals surface area contributed by atoms with Crippen LogP contribution in [0.3, 0.4) is 0 Å². The Morgan fingerprint density at radius 2 is 1.79 bits per heavy atom. The summed E-state index contributed by atoms with van der Waals surface area (Å²) in [6.45, 7) is 2.47. The zero-order valence-electron chi connectivity index (χ0n) is 13.4. The average Bonchev–Trinajstić information content (AvgIpc) is 2.83. The first kappa shape index (κ1) is 15.9. The van der Waals surface area contributed by atoms with Crippen molar-refractivity contribution in [3.05, 3.63) is 59.3 Å². The highest BCUT2D eigenvalue weighted by Crippen LogP contribution is 2.34. The van der Waals surface area contributed by atoms with Crippen molar-refractivity contribution >= 4 is 16.9 Å². The topological polar surface area (TPSA) is 82.7 Å². The minimum atomic E-state index is -0.892. The van der Waals surface area contributed by atoms with Gasteiger partial charge in [0.2, 0.25) is 0 Å². The largest absolute Gasteiger partial charge is 0.508 e. The van der Waals surface area contributed by atoms with E-state index in [1.54, 1.807) is 24.3 Å². The molecule has 0 radical (unpaired) electrons. The minimum absolute atomic E-state index is 0.0777. The van der Waals surface area contributed by atoms with E-state index in [4.69, 9.17) is 0 Å². The van der Waals surface area contributed by atoms with Crippen LogP contribution in [0.15, 0.2) is 42.5 Å². The SMILES string of the molecule is CCc1c(CC(=O)O)c2cccc(O)c2n1Cc1ccc(O)cc1. The highest BCUT2D eigenvalue weighted by molar-refractivity contribution is 5.92. The quantitative estimate of drug-likeness (QED) is 0.672. The highest BCUT2D eigenvalue weighted by atomic mass is 16.4. The second-order valence-electron chi connectivity index (χ2n) is 5.78. The van der Waals surface area contributed by atoms with Crippen LogP contribution in [-0.4, -0.2) is 25.9 Å². The number of carboxylic acid groups (broad SMARTS) is 1. The molecule has 0 aliphatic carbocycles. The van der Waals surface area contributed by atoms with Crippen LogP contribution in [0.1, 0.15) is 23.7 Å². The van der Waals surface area contributed by atoms with Crippen molar-refractivity contribution in [2.75, 3.05) is 0 Å². The number of hydrogen-bond acceptors (Lipinski definition) is 3. The van der Waals surface area contributed by atoms with Crippen LogP contribution in [0, 0.1) is 0 Å². The first-order chi connectivity index (χ1) is 11.5. The van der Waals surface area contributed by atoms with Crippen LogP contribution < -0.4 is 0 Å². The molecular formula is C19H19NO4. The van der Waals surface area contributed by atoms with Gasteiger partial charge in [-0.15, -0.1) is 0 Å². The number of hydrogen-bond donors (Lipinski definition) is 3. The maximum atomic E-state index is 11.3. The summed E-state index contributed by atoms with van der Waals surface area (Å²) in [5.74, 6) is -0.560. The Labute approximate surface area is 139 Å². The summed E-state index contributed by atoms with van der Waals surface area (Å²) in [7, 11) is 0. The van der Waals surface area contributed by atoms with Gasteiger partial charge in [0.1, 0.15) is 11.5 Å². The van der Waals surface area contributed by atoms with E-state index in [9.17, 15) is 20.1 Å². The number of carboxylic acids is 1. The fraction of sp³-hybridized carbons (Fsp3) is 0.211. The van der Waals surface area contributed by atoms with Gasteiger partial charge >= 0.3 is 5.97 Å². The number of para-hydroxylation sites is 1. The molecule has 0 bridgehead atoms. The summed E-state index contributed by atoms with van der Waals surface area (Å²) in [6, 6.07) is 12.1. The molecule has 0 aliphatic heterocycles. The standard InChI is InChI=1S/C19H19NO4/c1-2-16-15(10-18(23)24)14-4-3-5-17(22)19(14)20(16)11-12-6-8-13(21)9-7-12/h3-9,21-22H,2,10-11H2,1H3,(H,23,24). The normalized spacial score (nSPS) is 11.0. The van der Waals surface area contributed by atoms with Crippen LogP contribution >= 0.6 is 0 Å². The monoisotopic (exact) mass is 325 g/mol. The van der Waals surface area contributed by atoms with Gasteiger partial charge in [-0.25, -0.2) is 0 Å². The van der Waals surface area contributed by atoms with Crippen LogP contribution in [0.5, 0.6) is 11.5 Å². The molecule has 3 N–H and O–H groups in total. The molecule has 5 heteroatoms. The van der Waals surface area contributed by atoms with Crippen molar-refractivity contribution in [1.82, 2.24) is 4.57 Å². The number of rotatable bonds is 5. The van der Waals surface area contributed by atoms with Crippen LogP contribution in [-0.2, 0) is 24.2 Å². The maximum Gasteiger partial charge on any atom is 0.307 e. The Hall–Kier alpha value is -2.95. The van der Waals surface area contributed by atoms with Crippen molar-refractivity contribution in [1.29, 1.82) is 0 Å². The smallest absolute Gasteiger partial charge is 0.307 e. The van der Waals surface area contributed by atoms with Gasteiger partial charge in [0, 0.05) is 17.6 Å². The van der Waals surface area contributed by atoms with E-state index in [-0.39, 0.29) is 17.9 Å². The molecule has 0 saturated heterocycles. The zero-order valence-corrected chi connectivity index (χ0v) is 13.4. The van der Waals surface area contributed by atoms with E-state index in [0.717, 1.165) is 22.2 Å². The number of fused-ring (bicyclic) bond motifs is 1. The molecule has 5 nitrogen and oxygen atoms in total. The summed E-state index contributed by atoms with van der Waals surface area (Å²) >= 11 is 0. The molecule has 0 fully saturated rings. The van der Waals surface area contributed by atoms with Gasteiger partial charge in [-0.3, -0.25) is 4.79 Å². The van der Waals surface area contributed by atoms with E-state index in [2.05, 4.69) is 0 Å². The number of nitrogens with zero attached hydrogens (tertiary/aromatic N) is 1. The lowest BCUT2D eigenvalue weighted by molar-refractivity contribution is -0.136. The van der Waals surface area contributed by atoms with Crippen molar-refractivity contribution in [3.8, 4) is 11.5 Å². The predicted molar refractivity (Wildman–Crippen MR) is 91.5 cm³/mol. The van der Waals surface area contributed by atoms with Crippen molar-refractivity contribution in [3.63, 3.8) is 0 Å². The van der Waals surface area contributed by atoms with E-state index in [1.807, 2.05) is 29.7 Å². The molecule has 24 heavy (non-hydrogen) atoms. The molecule has 2 aromatic carbocycles. The summed E-state index contributed by atoms with van der Waals surface area (Å²) in [6.07, 6.45) is 0.584. The molecule has 0 atom stereocenters. The Morgan fingerprint density at radius 1 is 1.08 bits per heavy atom. The van der Waals surface area contributed by atoms with Crippen molar-refractivity contribution < 1.29 is 20.1 Å². The second kappa shape index (κ2) is 6.28. The third kappa shape index (κ3) is 2.80. The molecule has 124 valence electrons. The van der Waals surface area contributed by atoms with Crippen LogP contribution in [0.2, 0.25) is 0 Å². The molecule has 0 unspecified atom stereocenters. The first-order valence-electron chi connectivity index (χ1n) is 7.83. The molecule has 3 aromatic rings. The number of carbonyl (C=O) groups is 1. The lowest BCUT2D eigenvalue weighted by atomic mass is 10.1. The summed E-state index contributed by atoms with van der Waals surface area (Å²) in [4.78, 5) is 11.3. The lowest BCUT2D eigenvalue weighted by Gasteiger charge is -2.11. The molecule has 0 aliphatic rings. The fourth-order valence-electron chi connectivity index (χ4n) is 3.22. The van der Waals surface area contributed by atoms with Gasteiger partial charge < -0.3 is 19.9 Å². The third-order valence-electron chi connectivity index (χ3n) is 4.22. The second-order valence-corrected chi connectivity index (χ2v) is 5.78. The first-order valence-corrected chi connectivity index (χ1v) is 7.83. The van der Waals surface area contributed by atoms with Crippen LogP contribution in [0.4, 0.5) is 0 Å². The molecule has 1 heterocycles. The van der Waals surface area contributed by atoms with E-state index < -0.39 is 5.97 Å². The summed E-state index contributed by atoms with van der Waals surface area (Å²) < 4.78 is 1.97. The van der Waals surface area contributed by atoms with Gasteiger partial charge in [-0.2, -0.15) is 0 Å². The van der Waals surface area contributed by atoms with Gasteiger partial charge in [0.25, 0.3) is 0 Å². The third-order valence-corrected chi connectivity index (χ3v) is 4.22. The Kier molecular flexibility index (Phi) is 4.16. The predicted octanol–water partition coefficient (Wildman–Crippen LogP) is 3.29. The van der Waals surface area contributed by atoms with Crippen LogP contribution in [0.25, 0.3) is 10.9 Å². The number of aromatic hydroxyl groups is 2. The molecule has 0 spiro atoms. The zero-order chi connectivity index (χ0) is 17.3. The number of phenols is 2. The van der Waals surface area contributed by atoms with Gasteiger partial charge in [-0.1, -0.05) is 31.2 Å². The Bertz CT molecular complexity index is 894. The molecular weight excluding hydrogens is 306 g/mol. The number of phenolic OH excluding ortho intramolecular Hbond substituents is 2. The van der Waals surface area contributed by atoms with Crippen molar-refractivity contribution in [2.45, 2.75) is 26.3 Å². The highest BCUT2D eigenvalue weighted by Gasteiger charge is 2.20. The van der Waals surface area contributed by atoms with Gasteiger partial charge in [0.15, 0.2) is 0 Å². The molecule has 3 rings (SSSR count). The summed E-state index contributed by atoms with van der Waals surface area (Å²) in [5, 5.41) is 29.8. The summed E-state index contributed by atoms with van der Waals surface area (Å²) in [5.41, 5.74) is 3.26. The molecule has 0 amide bonds. The minimum Gasteiger partial charge on any atom is -0.508 e. The van der Waals surface area contributed by atoms with E-state index in [1.165, 1.54) is 0 Å². The number of aliphatic carboxylic acids is 1. The average molecular weight is 325 g/mol. The Morgan fingerprint density at radius 3 is 2.42 bits per heavy atom. The Balaban J connectivity index is 2.21.